The quantitative estimate of drug-likeness (QED) is 0.146. The molecule has 0 radical (unpaired) electrons. The Kier molecular flexibility index (Phi) is 101. The van der Waals surface area contributed by atoms with Crippen LogP contribution in [0.15, 0.2) is 85.3 Å². The molecule has 4 aliphatic heterocycles. The molecule has 3 atom stereocenters. The zero-order valence-corrected chi connectivity index (χ0v) is 63.6. The number of aliphatic imine (C=N–C) groups is 2. The minimum Gasteiger partial charge on any atom is -0.426 e. The number of aromatic nitrogens is 11. The van der Waals surface area contributed by atoms with E-state index < -0.39 is 0 Å². The Balaban J connectivity index is -0.000000106. The number of allylic oxidation sites excluding steroid dienone is 2. The summed E-state index contributed by atoms with van der Waals surface area (Å²) in [5.41, 5.74) is 7.02. The van der Waals surface area contributed by atoms with Crippen molar-refractivity contribution in [1.29, 1.82) is 0 Å². The molecule has 4 aliphatic rings. The molecule has 2 N–H and O–H groups in total. The topological polar surface area (TPSA) is 204 Å². The van der Waals surface area contributed by atoms with E-state index in [-0.39, 0.29) is 0 Å². The van der Waals surface area contributed by atoms with Gasteiger partial charge in [-0.3, -0.25) is 24.9 Å². The van der Waals surface area contributed by atoms with Crippen molar-refractivity contribution < 1.29 is 13.9 Å². The van der Waals surface area contributed by atoms with Crippen LogP contribution in [0.2, 0.25) is 0 Å². The molecule has 0 amide bonds. The average Bonchev–Trinajstić information content (AvgIpc) is 4.36. The van der Waals surface area contributed by atoms with Gasteiger partial charge in [-0.1, -0.05) is 138 Å². The Morgan fingerprint density at radius 1 is 0.570 bits per heavy atom. The molecule has 0 bridgehead atoms. The van der Waals surface area contributed by atoms with Crippen LogP contribution in [-0.4, -0.2) is 99.7 Å². The van der Waals surface area contributed by atoms with E-state index in [0.29, 0.717) is 23.9 Å². The molecule has 16 nitrogen and oxygen atoms in total. The molecule has 3 unspecified atom stereocenters. The highest BCUT2D eigenvalue weighted by Crippen LogP contribution is 2.10. The predicted octanol–water partition coefficient (Wildman–Crippen LogP) is 21.7. The zero-order valence-electron chi connectivity index (χ0n) is 60.4. The number of hydrogen-bond acceptors (Lipinski definition) is 18. The third kappa shape index (κ3) is 83.2. The number of H-pyrrole nitrogens is 2. The number of ether oxygens (including phenoxy) is 2. The summed E-state index contributed by atoms with van der Waals surface area (Å²) in [5, 5.41) is 22.0. The van der Waals surface area contributed by atoms with Crippen molar-refractivity contribution in [3.8, 4) is 0 Å². The summed E-state index contributed by atoms with van der Waals surface area (Å²) in [5.74, 6) is 3.04. The van der Waals surface area contributed by atoms with Crippen LogP contribution in [0.3, 0.4) is 0 Å². The van der Waals surface area contributed by atoms with Crippen LogP contribution < -0.4 is 0 Å². The Hall–Kier alpha value is -4.99. The van der Waals surface area contributed by atoms with Gasteiger partial charge in [0.25, 0.3) is 0 Å². The molecule has 11 rings (SSSR count). The molecule has 7 aromatic heterocycles. The van der Waals surface area contributed by atoms with Gasteiger partial charge in [-0.25, -0.2) is 9.97 Å². The number of rotatable bonds is 0. The first-order valence-corrected chi connectivity index (χ1v) is 35.0. The van der Waals surface area contributed by atoms with Gasteiger partial charge in [-0.15, -0.1) is 65.7 Å². The van der Waals surface area contributed by atoms with E-state index in [2.05, 4.69) is 92.1 Å². The molecule has 0 saturated carbocycles. The second kappa shape index (κ2) is 86.5. The van der Waals surface area contributed by atoms with Crippen molar-refractivity contribution in [3.05, 3.63) is 120 Å². The maximum atomic E-state index is 5.15. The van der Waals surface area contributed by atoms with Gasteiger partial charge < -0.3 is 23.9 Å². The van der Waals surface area contributed by atoms with Gasteiger partial charge in [0.1, 0.15) is 15.8 Å². The van der Waals surface area contributed by atoms with Crippen LogP contribution in [0, 0.1) is 68.2 Å². The monoisotopic (exact) mass is 1280 g/mol. The lowest BCUT2D eigenvalue weighted by atomic mass is 10.2. The molecule has 0 aromatic carbocycles. The summed E-state index contributed by atoms with van der Waals surface area (Å²) in [6.45, 7) is 64.8. The van der Waals surface area contributed by atoms with E-state index in [1.54, 1.807) is 90.3 Å². The number of nitrogens with one attached hydrogen (secondary N) is 2. The molecule has 0 aliphatic carbocycles. The van der Waals surface area contributed by atoms with Gasteiger partial charge in [-0.2, -0.15) is 0 Å². The van der Waals surface area contributed by atoms with Gasteiger partial charge >= 0.3 is 0 Å². The molecule has 2 fully saturated rings. The minimum atomic E-state index is 0.546. The molecule has 11 heterocycles. The van der Waals surface area contributed by atoms with Crippen LogP contribution in [0.25, 0.3) is 0 Å². The summed E-state index contributed by atoms with van der Waals surface area (Å²) in [6.07, 6.45) is 24.5. The second-order valence-electron chi connectivity index (χ2n) is 15.3. The molecule has 20 heteroatoms. The van der Waals surface area contributed by atoms with Crippen LogP contribution in [0.4, 0.5) is 0 Å². The molecule has 7 aromatic rings. The van der Waals surface area contributed by atoms with Crippen molar-refractivity contribution >= 4 is 57.8 Å². The number of nitrogens with zero attached hydrogens (tertiary/aromatic N) is 11. The predicted molar refractivity (Wildman–Crippen MR) is 386 cm³/mol. The third-order valence-electron chi connectivity index (χ3n) is 8.39. The van der Waals surface area contributed by atoms with E-state index >= 15 is 0 Å². The molecule has 2 saturated heterocycles. The van der Waals surface area contributed by atoms with E-state index in [1.165, 1.54) is 37.0 Å². The fourth-order valence-corrected chi connectivity index (χ4v) is 6.80. The highest BCUT2D eigenvalue weighted by molar-refractivity contribution is 7.11. The number of hydrogen-bond donors (Lipinski definition) is 2. The SMILES string of the molecule is CC.CC.CC.CC.CC.CC.CC.CC.CC.CC1=CCC=N1.CC1CCC=N1.CC1CCCO1.CC1CCOC1.Cc1cnc[nH]1.Cc1cncs1.Cc1cscn1.Cc1ncc[nH]1.Cc1nccs1.Cc1nnc(C)o1.Cc1nnc(C)s1. The standard InChI is InChI=1S/C5H9N.C5H7N.2C5H10O.C4H6N2O.C4H6N2S.2C4H6N2.3C4H5NS.9C2H6/c2*1-5-3-2-4-6-5;1-5-2-3-6-4-5;1-5-3-2-4-6-5;2*1-3-5-6-4(2)7-3;1-4-2-5-3-6-4;1-4-5-2-3-6-4;1-4-2-6-3-5-4;1-4-2-5-3-6-4;1-4-5-2-3-6-4;9*1-2/h4-5H,2-3H2,1H3;3-4H,2H2,1H3;2*5H,2-4H2,1H3;2*1-2H3;2*2-3H,1H3,(H,5,6);3*2-3H,1H3;9*1-2H3. The Morgan fingerprint density at radius 3 is 1.29 bits per heavy atom. The van der Waals surface area contributed by atoms with Crippen LogP contribution in [-0.2, 0) is 9.47 Å². The number of aryl methyl sites for hydroxylation is 9. The molecule has 500 valence electrons. The van der Waals surface area contributed by atoms with E-state index in [1.807, 2.05) is 220 Å². The second-order valence-corrected chi connectivity index (χ2v) is 19.6. The smallest absolute Gasteiger partial charge is 0.213 e. The number of imidazole rings is 2. The summed E-state index contributed by atoms with van der Waals surface area (Å²) in [7, 11) is 0. The van der Waals surface area contributed by atoms with Crippen LogP contribution in [0.5, 0.6) is 0 Å². The maximum absolute atomic E-state index is 5.15. The van der Waals surface area contributed by atoms with Crippen molar-refractivity contribution in [2.24, 2.45) is 15.9 Å². The Labute approximate surface area is 544 Å². The Morgan fingerprint density at radius 2 is 1.16 bits per heavy atom. The van der Waals surface area contributed by atoms with Gasteiger partial charge in [0.2, 0.25) is 11.8 Å². The van der Waals surface area contributed by atoms with E-state index in [4.69, 9.17) is 13.9 Å². The molecule has 86 heavy (non-hydrogen) atoms. The summed E-state index contributed by atoms with van der Waals surface area (Å²) < 4.78 is 15.1. The van der Waals surface area contributed by atoms with E-state index in [9.17, 15) is 0 Å². The Bertz CT molecular complexity index is 1920. The largest absolute Gasteiger partial charge is 0.426 e. The fraction of sp³-hybridized carbons (Fsp3) is 0.652. The van der Waals surface area contributed by atoms with Gasteiger partial charge in [0.05, 0.1) is 28.5 Å². The lowest BCUT2D eigenvalue weighted by Crippen LogP contribution is -1.94. The van der Waals surface area contributed by atoms with Crippen molar-refractivity contribution in [1.82, 2.24) is 55.3 Å². The summed E-state index contributed by atoms with van der Waals surface area (Å²) in [6, 6.07) is 0.616. The minimum absolute atomic E-state index is 0.546. The third-order valence-corrected chi connectivity index (χ3v) is 11.3. The molecular weight excluding hydrogens is 1150 g/mol. The van der Waals surface area contributed by atoms with Crippen molar-refractivity contribution in [2.75, 3.05) is 19.8 Å². The highest BCUT2D eigenvalue weighted by atomic mass is 32.1. The lowest BCUT2D eigenvalue weighted by Gasteiger charge is -1.94. The first-order valence-electron chi connectivity index (χ1n) is 31.5. The van der Waals surface area contributed by atoms with Crippen molar-refractivity contribution in [3.63, 3.8) is 0 Å². The average molecular weight is 1280 g/mol. The first kappa shape index (κ1) is 100. The molecular formula is C66H129N13O3S4. The van der Waals surface area contributed by atoms with Gasteiger partial charge in [-0.05, 0) is 113 Å². The normalized spacial score (nSPS) is 13.6. The highest BCUT2D eigenvalue weighted by Gasteiger charge is 2.08. The first-order chi connectivity index (χ1) is 41.6. The maximum Gasteiger partial charge on any atom is 0.213 e. The van der Waals surface area contributed by atoms with Gasteiger partial charge in [0.15, 0.2) is 0 Å². The van der Waals surface area contributed by atoms with Crippen LogP contribution in [0.1, 0.15) is 240 Å². The number of thiazole rings is 3. The number of aromatic amines is 2. The van der Waals surface area contributed by atoms with Gasteiger partial charge in [0, 0.05) is 116 Å². The van der Waals surface area contributed by atoms with Crippen LogP contribution >= 0.6 is 45.3 Å². The zero-order chi connectivity index (χ0) is 68.2. The van der Waals surface area contributed by atoms with E-state index in [0.717, 1.165) is 70.1 Å². The molecule has 0 spiro atoms. The lowest BCUT2D eigenvalue weighted by molar-refractivity contribution is 0.125. The summed E-state index contributed by atoms with van der Waals surface area (Å²) >= 11 is 6.58. The summed E-state index contributed by atoms with van der Waals surface area (Å²) in [4.78, 5) is 34.5. The van der Waals surface area contributed by atoms with Crippen molar-refractivity contribution in [2.45, 2.75) is 265 Å². The fourth-order valence-electron chi connectivity index (χ4n) is 4.82.